The maximum atomic E-state index is 11.3. The van der Waals surface area contributed by atoms with Crippen LogP contribution in [0.25, 0.3) is 0 Å². The molecule has 0 rings (SSSR count). The summed E-state index contributed by atoms with van der Waals surface area (Å²) < 4.78 is 4.30. The first-order valence-corrected chi connectivity index (χ1v) is 5.41. The van der Waals surface area contributed by atoms with Crippen LogP contribution in [-0.4, -0.2) is 46.9 Å². The fourth-order valence-corrected chi connectivity index (χ4v) is 1.39. The van der Waals surface area contributed by atoms with E-state index >= 15 is 0 Å². The average molecular weight is 284 g/mol. The molecule has 20 heavy (non-hydrogen) atoms. The van der Waals surface area contributed by atoms with E-state index in [1.807, 2.05) is 11.2 Å². The Hall–Kier alpha value is -2.53. The summed E-state index contributed by atoms with van der Waals surface area (Å²) >= 11 is 0. The summed E-state index contributed by atoms with van der Waals surface area (Å²) in [5, 5.41) is 19.8. The van der Waals surface area contributed by atoms with E-state index in [-0.39, 0.29) is 18.4 Å². The van der Waals surface area contributed by atoms with Crippen LogP contribution in [-0.2, 0) is 14.3 Å². The molecular weight excluding hydrogens is 268 g/mol. The van der Waals surface area contributed by atoms with Gasteiger partial charge in [0.15, 0.2) is 0 Å². The number of nitrogens with one attached hydrogen (secondary N) is 1. The number of carboxylic acid groups (broad SMARTS) is 2. The van der Waals surface area contributed by atoms with Crippen molar-refractivity contribution in [3.05, 3.63) is 12.2 Å². The van der Waals surface area contributed by atoms with Gasteiger partial charge in [-0.15, -0.1) is 6.42 Å². The van der Waals surface area contributed by atoms with Gasteiger partial charge in [-0.1, -0.05) is 18.1 Å². The van der Waals surface area contributed by atoms with Crippen molar-refractivity contribution in [3.8, 4) is 12.3 Å². The standard InChI is InChI=1S/C12H16N2O6/c1-4-12(10(17)18,14-11(19)20-3)6-7(2)5-8(13)9(15)16/h1,8H,2,5-6,13H2,3H3,(H,14,19)(H,15,16)(H,17,18). The molecule has 110 valence electrons. The van der Waals surface area contributed by atoms with Crippen LogP contribution < -0.4 is 11.1 Å². The first-order chi connectivity index (χ1) is 9.18. The second-order valence-corrected chi connectivity index (χ2v) is 4.05. The van der Waals surface area contributed by atoms with Gasteiger partial charge in [-0.25, -0.2) is 9.59 Å². The Morgan fingerprint density at radius 3 is 2.40 bits per heavy atom. The highest BCUT2D eigenvalue weighted by Crippen LogP contribution is 2.19. The molecule has 0 spiro atoms. The van der Waals surface area contributed by atoms with Gasteiger partial charge in [0.25, 0.3) is 0 Å². The number of aliphatic carboxylic acids is 2. The van der Waals surface area contributed by atoms with Crippen molar-refractivity contribution in [2.75, 3.05) is 7.11 Å². The Morgan fingerprint density at radius 1 is 1.50 bits per heavy atom. The first-order valence-electron chi connectivity index (χ1n) is 5.41. The SMILES string of the molecule is C#CC(CC(=C)CC(N)C(=O)O)(NC(=O)OC)C(=O)O. The summed E-state index contributed by atoms with van der Waals surface area (Å²) in [5.74, 6) is -0.793. The second-order valence-electron chi connectivity index (χ2n) is 4.05. The molecule has 0 aromatic heterocycles. The molecule has 8 nitrogen and oxygen atoms in total. The van der Waals surface area contributed by atoms with Crippen molar-refractivity contribution in [2.24, 2.45) is 5.73 Å². The summed E-state index contributed by atoms with van der Waals surface area (Å²) in [5.41, 5.74) is 3.42. The quantitative estimate of drug-likeness (QED) is 0.366. The van der Waals surface area contributed by atoms with E-state index in [2.05, 4.69) is 11.3 Å². The Bertz CT molecular complexity index is 467. The maximum Gasteiger partial charge on any atom is 0.408 e. The average Bonchev–Trinajstić information content (AvgIpc) is 2.36. The van der Waals surface area contributed by atoms with Gasteiger partial charge >= 0.3 is 18.0 Å². The van der Waals surface area contributed by atoms with Gasteiger partial charge in [-0.3, -0.25) is 10.1 Å². The topological polar surface area (TPSA) is 139 Å². The molecule has 0 radical (unpaired) electrons. The highest BCUT2D eigenvalue weighted by Gasteiger charge is 2.39. The van der Waals surface area contributed by atoms with Crippen LogP contribution in [0.15, 0.2) is 12.2 Å². The van der Waals surface area contributed by atoms with Gasteiger partial charge in [0.2, 0.25) is 5.54 Å². The van der Waals surface area contributed by atoms with Crippen molar-refractivity contribution in [2.45, 2.75) is 24.4 Å². The van der Waals surface area contributed by atoms with Gasteiger partial charge in [-0.2, -0.15) is 0 Å². The smallest absolute Gasteiger partial charge is 0.408 e. The van der Waals surface area contributed by atoms with Crippen LogP contribution in [0.1, 0.15) is 12.8 Å². The Balaban J connectivity index is 5.05. The van der Waals surface area contributed by atoms with Crippen LogP contribution in [0, 0.1) is 12.3 Å². The number of hydrogen-bond acceptors (Lipinski definition) is 5. The maximum absolute atomic E-state index is 11.3. The van der Waals surface area contributed by atoms with E-state index in [9.17, 15) is 14.4 Å². The predicted octanol–water partition coefficient (Wildman–Crippen LogP) is -0.453. The molecule has 0 aliphatic rings. The monoisotopic (exact) mass is 284 g/mol. The van der Waals surface area contributed by atoms with E-state index in [0.29, 0.717) is 0 Å². The highest BCUT2D eigenvalue weighted by atomic mass is 16.5. The Kier molecular flexibility index (Phi) is 6.25. The predicted molar refractivity (Wildman–Crippen MR) is 68.7 cm³/mol. The third-order valence-corrected chi connectivity index (χ3v) is 2.45. The number of terminal acetylenes is 1. The second kappa shape index (κ2) is 7.16. The van der Waals surface area contributed by atoms with Crippen molar-refractivity contribution in [1.82, 2.24) is 5.32 Å². The zero-order chi connectivity index (χ0) is 15.9. The summed E-state index contributed by atoms with van der Waals surface area (Å²) in [6, 6.07) is -1.23. The minimum absolute atomic E-state index is 0.172. The van der Waals surface area contributed by atoms with Gasteiger partial charge in [0, 0.05) is 6.42 Å². The summed E-state index contributed by atoms with van der Waals surface area (Å²) in [7, 11) is 1.05. The molecule has 1 amide bonds. The summed E-state index contributed by atoms with van der Waals surface area (Å²) in [6.45, 7) is 3.53. The van der Waals surface area contributed by atoms with Crippen molar-refractivity contribution >= 4 is 18.0 Å². The lowest BCUT2D eigenvalue weighted by molar-refractivity contribution is -0.142. The minimum atomic E-state index is -2.07. The fraction of sp³-hybridized carbons (Fsp3) is 0.417. The van der Waals surface area contributed by atoms with E-state index in [1.54, 1.807) is 0 Å². The lowest BCUT2D eigenvalue weighted by Gasteiger charge is -2.25. The number of hydrogen-bond donors (Lipinski definition) is 4. The van der Waals surface area contributed by atoms with Gasteiger partial charge in [0.1, 0.15) is 6.04 Å². The molecule has 0 aliphatic heterocycles. The van der Waals surface area contributed by atoms with Crippen molar-refractivity contribution in [1.29, 1.82) is 0 Å². The third-order valence-electron chi connectivity index (χ3n) is 2.45. The van der Waals surface area contributed by atoms with E-state index in [1.165, 1.54) is 0 Å². The molecule has 0 heterocycles. The van der Waals surface area contributed by atoms with Crippen LogP contribution in [0.5, 0.6) is 0 Å². The molecule has 2 atom stereocenters. The number of amides is 1. The molecule has 0 saturated heterocycles. The molecule has 0 aromatic carbocycles. The number of ether oxygens (including phenoxy) is 1. The lowest BCUT2D eigenvalue weighted by atomic mass is 9.89. The molecule has 0 saturated carbocycles. The number of carbonyl (C=O) groups is 3. The van der Waals surface area contributed by atoms with Gasteiger partial charge < -0.3 is 20.7 Å². The lowest BCUT2D eigenvalue weighted by Crippen LogP contribution is -2.54. The molecule has 0 aromatic rings. The van der Waals surface area contributed by atoms with Crippen LogP contribution in [0.4, 0.5) is 4.79 Å². The van der Waals surface area contributed by atoms with Crippen LogP contribution in [0.2, 0.25) is 0 Å². The third kappa shape index (κ3) is 4.62. The zero-order valence-electron chi connectivity index (χ0n) is 10.9. The molecular formula is C12H16N2O6. The normalized spacial score (nSPS) is 14.2. The number of rotatable bonds is 7. The molecule has 0 bridgehead atoms. The number of nitrogens with two attached hydrogens (primary N) is 1. The molecule has 0 fully saturated rings. The zero-order valence-corrected chi connectivity index (χ0v) is 10.9. The number of methoxy groups -OCH3 is 1. The number of carbonyl (C=O) groups excluding carboxylic acids is 1. The Morgan fingerprint density at radius 2 is 2.05 bits per heavy atom. The van der Waals surface area contributed by atoms with Gasteiger partial charge in [-0.05, 0) is 6.42 Å². The largest absolute Gasteiger partial charge is 0.480 e. The summed E-state index contributed by atoms with van der Waals surface area (Å²) in [4.78, 5) is 33.0. The fourth-order valence-electron chi connectivity index (χ4n) is 1.39. The van der Waals surface area contributed by atoms with Crippen molar-refractivity contribution in [3.63, 3.8) is 0 Å². The van der Waals surface area contributed by atoms with Gasteiger partial charge in [0.05, 0.1) is 7.11 Å². The van der Waals surface area contributed by atoms with Crippen LogP contribution in [0.3, 0.4) is 0 Å². The first kappa shape index (κ1) is 17.5. The molecule has 0 aliphatic carbocycles. The van der Waals surface area contributed by atoms with E-state index in [4.69, 9.17) is 22.4 Å². The minimum Gasteiger partial charge on any atom is -0.480 e. The number of carboxylic acids is 2. The van der Waals surface area contributed by atoms with Crippen LogP contribution >= 0.6 is 0 Å². The molecule has 8 heteroatoms. The summed E-state index contributed by atoms with van der Waals surface area (Å²) in [6.07, 6.45) is 3.60. The Labute approximate surface area is 115 Å². The molecule has 2 unspecified atom stereocenters. The number of alkyl carbamates (subject to hydrolysis) is 1. The van der Waals surface area contributed by atoms with Crippen molar-refractivity contribution < 1.29 is 29.3 Å². The highest BCUT2D eigenvalue weighted by molar-refractivity contribution is 5.88. The van der Waals surface area contributed by atoms with E-state index < -0.39 is 29.6 Å². The molecule has 5 N–H and O–H groups in total. The van der Waals surface area contributed by atoms with E-state index in [0.717, 1.165) is 7.11 Å².